The number of carbonyl (C=O) groups is 3. The Morgan fingerprint density at radius 2 is 2.00 bits per heavy atom. The van der Waals surface area contributed by atoms with Crippen LogP contribution in [0.1, 0.15) is 16.1 Å². The molecule has 3 rings (SSSR count). The molecule has 1 aliphatic heterocycles. The summed E-state index contributed by atoms with van der Waals surface area (Å²) >= 11 is 11.9. The van der Waals surface area contributed by atoms with E-state index in [4.69, 9.17) is 38.4 Å². The van der Waals surface area contributed by atoms with Crippen LogP contribution in [-0.2, 0) is 9.59 Å². The largest absolute Gasteiger partial charge is 0.480 e. The maximum atomic E-state index is 12.3. The molecular weight excluding hydrogens is 414 g/mol. The van der Waals surface area contributed by atoms with Crippen molar-refractivity contribution >= 4 is 63.8 Å². The normalized spacial score (nSPS) is 15.6. The van der Waals surface area contributed by atoms with E-state index in [-0.39, 0.29) is 19.8 Å². The minimum Gasteiger partial charge on any atom is -0.480 e. The van der Waals surface area contributed by atoms with Crippen molar-refractivity contribution in [3.8, 4) is 11.3 Å². The van der Waals surface area contributed by atoms with Gasteiger partial charge in [-0.2, -0.15) is 0 Å². The van der Waals surface area contributed by atoms with Crippen molar-refractivity contribution in [1.29, 1.82) is 0 Å². The van der Waals surface area contributed by atoms with E-state index >= 15 is 0 Å². The Kier molecular flexibility index (Phi) is 5.36. The number of hydrogen-bond donors (Lipinski definition) is 2. The first-order valence-corrected chi connectivity index (χ1v) is 8.96. The van der Waals surface area contributed by atoms with Gasteiger partial charge in [0.05, 0.1) is 15.5 Å². The summed E-state index contributed by atoms with van der Waals surface area (Å²) in [5, 5.41) is 18.1. The molecule has 2 N–H and O–H groups in total. The highest BCUT2D eigenvalue weighted by atomic mass is 35.5. The lowest BCUT2D eigenvalue weighted by Gasteiger charge is -2.09. The number of furan rings is 1. The van der Waals surface area contributed by atoms with Crippen LogP contribution in [0, 0.1) is 0 Å². The molecule has 0 spiro atoms. The van der Waals surface area contributed by atoms with Gasteiger partial charge in [-0.05, 0) is 30.3 Å². The molecule has 138 valence electrons. The van der Waals surface area contributed by atoms with Crippen LogP contribution in [0.3, 0.4) is 0 Å². The van der Waals surface area contributed by atoms with E-state index in [0.29, 0.717) is 17.1 Å². The quantitative estimate of drug-likeness (QED) is 0.555. The van der Waals surface area contributed by atoms with Gasteiger partial charge in [0.25, 0.3) is 5.91 Å². The number of nitrogens with zero attached hydrogens (tertiary/aromatic N) is 1. The lowest BCUT2D eigenvalue weighted by Crippen LogP contribution is -2.33. The van der Waals surface area contributed by atoms with Crippen LogP contribution in [0.2, 0.25) is 5.02 Å². The zero-order valence-electron chi connectivity index (χ0n) is 13.3. The van der Waals surface area contributed by atoms with Crippen LogP contribution in [-0.4, -0.2) is 43.8 Å². The maximum absolute atomic E-state index is 12.3. The summed E-state index contributed by atoms with van der Waals surface area (Å²) < 4.78 is 5.81. The van der Waals surface area contributed by atoms with Crippen LogP contribution in [0.4, 0.5) is 0 Å². The van der Waals surface area contributed by atoms with Gasteiger partial charge in [0, 0.05) is 11.6 Å². The average molecular weight is 424 g/mol. The Hall–Kier alpha value is -2.62. The molecule has 1 aliphatic rings. The molecule has 0 aliphatic carbocycles. The number of aliphatic carboxylic acids is 1. The molecule has 1 amide bonds. The monoisotopic (exact) mass is 423 g/mol. The summed E-state index contributed by atoms with van der Waals surface area (Å²) in [6.07, 6.45) is 1.46. The van der Waals surface area contributed by atoms with E-state index in [1.54, 1.807) is 18.2 Å². The van der Waals surface area contributed by atoms with E-state index < -0.39 is 24.4 Å². The van der Waals surface area contributed by atoms with Gasteiger partial charge in [-0.1, -0.05) is 35.6 Å². The van der Waals surface area contributed by atoms with Gasteiger partial charge in [0.2, 0.25) is 0 Å². The second-order valence-corrected chi connectivity index (χ2v) is 7.45. The summed E-state index contributed by atoms with van der Waals surface area (Å²) in [7, 11) is 0. The molecule has 1 aromatic heterocycles. The Labute approximate surface area is 167 Å². The molecule has 10 heteroatoms. The third-order valence-electron chi connectivity index (χ3n) is 3.55. The zero-order chi connectivity index (χ0) is 19.7. The average Bonchev–Trinajstić information content (AvgIpc) is 3.15. The lowest BCUT2D eigenvalue weighted by molar-refractivity contribution is -0.140. The maximum Gasteiger partial charge on any atom is 0.337 e. The molecule has 1 saturated heterocycles. The van der Waals surface area contributed by atoms with Crippen molar-refractivity contribution in [2.45, 2.75) is 0 Å². The van der Waals surface area contributed by atoms with Crippen LogP contribution >= 0.6 is 35.6 Å². The molecule has 1 fully saturated rings. The number of carboxylic acids is 2. The van der Waals surface area contributed by atoms with E-state index in [0.717, 1.165) is 16.7 Å². The molecule has 2 aromatic rings. The Bertz CT molecular complexity index is 1010. The van der Waals surface area contributed by atoms with Gasteiger partial charge in [-0.3, -0.25) is 14.5 Å². The topological polar surface area (TPSA) is 108 Å². The third-order valence-corrected chi connectivity index (χ3v) is 5.26. The fourth-order valence-corrected chi connectivity index (χ4v) is 3.76. The number of amides is 1. The predicted molar refractivity (Wildman–Crippen MR) is 104 cm³/mol. The number of thiocarbonyl (C=S) groups is 1. The Morgan fingerprint density at radius 3 is 2.67 bits per heavy atom. The summed E-state index contributed by atoms with van der Waals surface area (Å²) in [5.74, 6) is -2.10. The van der Waals surface area contributed by atoms with E-state index in [1.807, 2.05) is 0 Å². The van der Waals surface area contributed by atoms with Crippen molar-refractivity contribution in [3.63, 3.8) is 0 Å². The molecule has 2 heterocycles. The van der Waals surface area contributed by atoms with Crippen molar-refractivity contribution in [2.75, 3.05) is 6.54 Å². The highest BCUT2D eigenvalue weighted by Crippen LogP contribution is 2.34. The van der Waals surface area contributed by atoms with Crippen LogP contribution < -0.4 is 0 Å². The molecule has 0 saturated carbocycles. The molecule has 0 bridgehead atoms. The second-order valence-electron chi connectivity index (χ2n) is 5.36. The number of carbonyl (C=O) groups excluding carboxylic acids is 1. The smallest absolute Gasteiger partial charge is 0.337 e. The molecular formula is C17H10ClNO6S2. The van der Waals surface area contributed by atoms with Gasteiger partial charge in [-0.15, -0.1) is 0 Å². The van der Waals surface area contributed by atoms with E-state index in [9.17, 15) is 14.4 Å². The van der Waals surface area contributed by atoms with Gasteiger partial charge < -0.3 is 14.6 Å². The minimum absolute atomic E-state index is 0.0540. The van der Waals surface area contributed by atoms with Crippen molar-refractivity contribution in [2.24, 2.45) is 0 Å². The van der Waals surface area contributed by atoms with Crippen LogP contribution in [0.5, 0.6) is 0 Å². The minimum atomic E-state index is -1.16. The number of hydrogen-bond acceptors (Lipinski definition) is 6. The Morgan fingerprint density at radius 1 is 1.26 bits per heavy atom. The standard InChI is InChI=1S/C17H10ClNO6S2/c18-11-3-1-8(5-10(11)16(23)24)12-4-2-9(25-12)6-13-15(22)19(7-14(20)21)17(26)27-13/h1-6H,7H2,(H,20,21)(H,23,24). The zero-order valence-corrected chi connectivity index (χ0v) is 15.7. The summed E-state index contributed by atoms with van der Waals surface area (Å²) in [6.45, 7) is -0.506. The summed E-state index contributed by atoms with van der Waals surface area (Å²) in [4.78, 5) is 35.5. The van der Waals surface area contributed by atoms with Crippen LogP contribution in [0.15, 0.2) is 39.7 Å². The first kappa shape index (κ1) is 19.2. The van der Waals surface area contributed by atoms with Crippen molar-refractivity contribution in [3.05, 3.63) is 51.6 Å². The molecule has 1 aromatic carbocycles. The third kappa shape index (κ3) is 4.05. The summed E-state index contributed by atoms with van der Waals surface area (Å²) in [6, 6.07) is 7.69. The second kappa shape index (κ2) is 7.55. The number of rotatable bonds is 5. The number of halogens is 1. The fraction of sp³-hybridized carbons (Fsp3) is 0.0588. The number of benzene rings is 1. The van der Waals surface area contributed by atoms with Crippen molar-refractivity contribution < 1.29 is 29.0 Å². The van der Waals surface area contributed by atoms with Gasteiger partial charge >= 0.3 is 11.9 Å². The molecule has 7 nitrogen and oxygen atoms in total. The highest BCUT2D eigenvalue weighted by Gasteiger charge is 2.33. The first-order chi connectivity index (χ1) is 12.8. The summed E-state index contributed by atoms with van der Waals surface area (Å²) in [5.41, 5.74) is 0.455. The van der Waals surface area contributed by atoms with Crippen molar-refractivity contribution in [1.82, 2.24) is 4.90 Å². The SMILES string of the molecule is O=C(O)CN1C(=O)C(=Cc2ccc(-c3ccc(Cl)c(C(=O)O)c3)o2)SC1=S. The van der Waals surface area contributed by atoms with Crippen LogP contribution in [0.25, 0.3) is 17.4 Å². The van der Waals surface area contributed by atoms with Gasteiger partial charge in [0.15, 0.2) is 0 Å². The highest BCUT2D eigenvalue weighted by molar-refractivity contribution is 8.26. The van der Waals surface area contributed by atoms with Gasteiger partial charge in [0.1, 0.15) is 22.4 Å². The molecule has 0 atom stereocenters. The molecule has 0 unspecified atom stereocenters. The predicted octanol–water partition coefficient (Wildman–Crippen LogP) is 3.58. The van der Waals surface area contributed by atoms with E-state index in [2.05, 4.69) is 0 Å². The first-order valence-electron chi connectivity index (χ1n) is 7.36. The molecule has 0 radical (unpaired) electrons. The number of carboxylic acid groups (broad SMARTS) is 2. The number of thioether (sulfide) groups is 1. The molecule has 27 heavy (non-hydrogen) atoms. The fourth-order valence-electron chi connectivity index (χ4n) is 2.33. The Balaban J connectivity index is 1.87. The lowest BCUT2D eigenvalue weighted by atomic mass is 10.1. The van der Waals surface area contributed by atoms with Gasteiger partial charge in [-0.25, -0.2) is 4.79 Å². The van der Waals surface area contributed by atoms with E-state index in [1.165, 1.54) is 18.2 Å². The number of aromatic carboxylic acids is 1.